The number of hydrogen-bond acceptors (Lipinski definition) is 2. The van der Waals surface area contributed by atoms with Gasteiger partial charge in [-0.2, -0.15) is 0 Å². The molecule has 0 aliphatic carbocycles. The average molecular weight is 255 g/mol. The molecule has 4 heteroatoms. The largest absolute Gasteiger partial charge is 0.364 e. The Balaban J connectivity index is 2.20. The van der Waals surface area contributed by atoms with Crippen molar-refractivity contribution in [2.24, 2.45) is 0 Å². The molecule has 0 aromatic heterocycles. The van der Waals surface area contributed by atoms with E-state index in [1.54, 1.807) is 6.07 Å². The van der Waals surface area contributed by atoms with Crippen molar-refractivity contribution in [2.75, 3.05) is 13.1 Å². The van der Waals surface area contributed by atoms with E-state index < -0.39 is 11.6 Å². The predicted octanol–water partition coefficient (Wildman–Crippen LogP) is 3.18. The van der Waals surface area contributed by atoms with Gasteiger partial charge >= 0.3 is 0 Å². The van der Waals surface area contributed by atoms with E-state index in [2.05, 4.69) is 19.2 Å². The lowest BCUT2D eigenvalue weighted by Gasteiger charge is -2.41. The highest BCUT2D eigenvalue weighted by Crippen LogP contribution is 2.32. The first-order valence-electron chi connectivity index (χ1n) is 6.43. The molecular formula is C14H19F2NO. The van der Waals surface area contributed by atoms with E-state index in [0.29, 0.717) is 12.1 Å². The standard InChI is InChI=1S/C14H19F2NO/c1-3-14(4-2)9-17-8-13(18-14)10-5-6-11(15)12(16)7-10/h5-7,13,17H,3-4,8-9H2,1-2H3. The first-order chi connectivity index (χ1) is 8.60. The van der Waals surface area contributed by atoms with Gasteiger partial charge in [-0.25, -0.2) is 8.78 Å². The molecule has 1 aromatic carbocycles. The molecule has 0 bridgehead atoms. The highest BCUT2D eigenvalue weighted by atomic mass is 19.2. The van der Waals surface area contributed by atoms with E-state index in [0.717, 1.165) is 25.5 Å². The Bertz CT molecular complexity index is 418. The summed E-state index contributed by atoms with van der Waals surface area (Å²) in [6.45, 7) is 5.60. The number of nitrogens with one attached hydrogen (secondary N) is 1. The van der Waals surface area contributed by atoms with Crippen LogP contribution in [0.1, 0.15) is 38.4 Å². The zero-order valence-electron chi connectivity index (χ0n) is 10.8. The number of rotatable bonds is 3. The second-order valence-electron chi connectivity index (χ2n) is 4.80. The van der Waals surface area contributed by atoms with Crippen molar-refractivity contribution >= 4 is 0 Å². The van der Waals surface area contributed by atoms with E-state index in [4.69, 9.17) is 4.74 Å². The van der Waals surface area contributed by atoms with Crippen molar-refractivity contribution in [1.82, 2.24) is 5.32 Å². The summed E-state index contributed by atoms with van der Waals surface area (Å²) in [7, 11) is 0. The van der Waals surface area contributed by atoms with Crippen molar-refractivity contribution in [1.29, 1.82) is 0 Å². The minimum Gasteiger partial charge on any atom is -0.364 e. The molecule has 0 spiro atoms. The molecule has 1 N–H and O–H groups in total. The summed E-state index contributed by atoms with van der Waals surface area (Å²) in [6.07, 6.45) is 1.58. The molecule has 1 atom stereocenters. The minimum atomic E-state index is -0.820. The van der Waals surface area contributed by atoms with Crippen LogP contribution in [0.25, 0.3) is 0 Å². The van der Waals surface area contributed by atoms with Crippen molar-refractivity contribution in [3.63, 3.8) is 0 Å². The number of benzene rings is 1. The maximum atomic E-state index is 13.2. The molecule has 18 heavy (non-hydrogen) atoms. The van der Waals surface area contributed by atoms with Gasteiger partial charge in [0.1, 0.15) is 0 Å². The molecule has 100 valence electrons. The summed E-state index contributed by atoms with van der Waals surface area (Å²) in [4.78, 5) is 0. The van der Waals surface area contributed by atoms with Crippen LogP contribution in [0.5, 0.6) is 0 Å². The van der Waals surface area contributed by atoms with Gasteiger partial charge in [0.05, 0.1) is 11.7 Å². The summed E-state index contributed by atoms with van der Waals surface area (Å²) >= 11 is 0. The normalized spacial score (nSPS) is 23.0. The Morgan fingerprint density at radius 1 is 1.28 bits per heavy atom. The van der Waals surface area contributed by atoms with Gasteiger partial charge in [-0.15, -0.1) is 0 Å². The lowest BCUT2D eigenvalue weighted by atomic mass is 9.93. The van der Waals surface area contributed by atoms with Crippen LogP contribution in [0.4, 0.5) is 8.78 Å². The fourth-order valence-electron chi connectivity index (χ4n) is 2.38. The highest BCUT2D eigenvalue weighted by Gasteiger charge is 2.34. The van der Waals surface area contributed by atoms with E-state index >= 15 is 0 Å². The Kier molecular flexibility index (Phi) is 3.97. The maximum absolute atomic E-state index is 13.2. The summed E-state index contributed by atoms with van der Waals surface area (Å²) < 4.78 is 32.3. The molecular weight excluding hydrogens is 236 g/mol. The van der Waals surface area contributed by atoms with E-state index in [1.807, 2.05) is 0 Å². The van der Waals surface area contributed by atoms with Crippen molar-refractivity contribution in [2.45, 2.75) is 38.4 Å². The third-order valence-electron chi connectivity index (χ3n) is 3.77. The lowest BCUT2D eigenvalue weighted by Crippen LogP contribution is -2.50. The minimum absolute atomic E-state index is 0.201. The topological polar surface area (TPSA) is 21.3 Å². The zero-order chi connectivity index (χ0) is 13.2. The monoisotopic (exact) mass is 255 g/mol. The SMILES string of the molecule is CCC1(CC)CNCC(c2ccc(F)c(F)c2)O1. The Morgan fingerprint density at radius 2 is 2.00 bits per heavy atom. The van der Waals surface area contributed by atoms with Gasteiger partial charge in [0, 0.05) is 13.1 Å². The molecule has 1 aliphatic heterocycles. The van der Waals surface area contributed by atoms with E-state index in [1.165, 1.54) is 6.07 Å². The van der Waals surface area contributed by atoms with Gasteiger partial charge in [-0.1, -0.05) is 19.9 Å². The van der Waals surface area contributed by atoms with Crippen LogP contribution < -0.4 is 5.32 Å². The summed E-state index contributed by atoms with van der Waals surface area (Å²) in [5.74, 6) is -1.64. The third kappa shape index (κ3) is 2.54. The molecule has 1 unspecified atom stereocenters. The first-order valence-corrected chi connectivity index (χ1v) is 6.43. The van der Waals surface area contributed by atoms with Crippen LogP contribution in [0.15, 0.2) is 18.2 Å². The lowest BCUT2D eigenvalue weighted by molar-refractivity contribution is -0.122. The van der Waals surface area contributed by atoms with Gasteiger partial charge < -0.3 is 10.1 Å². The average Bonchev–Trinajstić information content (AvgIpc) is 2.42. The summed E-state index contributed by atoms with van der Waals surface area (Å²) in [5.41, 5.74) is 0.487. The molecule has 1 aliphatic rings. The van der Waals surface area contributed by atoms with Gasteiger partial charge in [-0.05, 0) is 30.5 Å². The number of ether oxygens (including phenoxy) is 1. The van der Waals surface area contributed by atoms with Crippen LogP contribution in [0, 0.1) is 11.6 Å². The zero-order valence-corrected chi connectivity index (χ0v) is 10.8. The Hall–Kier alpha value is -1.00. The van der Waals surface area contributed by atoms with Crippen LogP contribution in [0.3, 0.4) is 0 Å². The fraction of sp³-hybridized carbons (Fsp3) is 0.571. The molecule has 0 amide bonds. The first kappa shape index (κ1) is 13.4. The smallest absolute Gasteiger partial charge is 0.159 e. The molecule has 2 rings (SSSR count). The number of hydrogen-bond donors (Lipinski definition) is 1. The van der Waals surface area contributed by atoms with Crippen LogP contribution in [-0.4, -0.2) is 18.7 Å². The second kappa shape index (κ2) is 5.33. The molecule has 1 fully saturated rings. The van der Waals surface area contributed by atoms with Gasteiger partial charge in [-0.3, -0.25) is 0 Å². The molecule has 2 nitrogen and oxygen atoms in total. The van der Waals surface area contributed by atoms with Crippen LogP contribution in [0.2, 0.25) is 0 Å². The van der Waals surface area contributed by atoms with E-state index in [-0.39, 0.29) is 11.7 Å². The van der Waals surface area contributed by atoms with Gasteiger partial charge in [0.2, 0.25) is 0 Å². The van der Waals surface area contributed by atoms with Gasteiger partial charge in [0.25, 0.3) is 0 Å². The van der Waals surface area contributed by atoms with Crippen LogP contribution in [-0.2, 0) is 4.74 Å². The number of halogens is 2. The molecule has 1 saturated heterocycles. The number of morpholine rings is 1. The van der Waals surface area contributed by atoms with Crippen molar-refractivity contribution < 1.29 is 13.5 Å². The maximum Gasteiger partial charge on any atom is 0.159 e. The predicted molar refractivity (Wildman–Crippen MR) is 66.4 cm³/mol. The summed E-state index contributed by atoms with van der Waals surface area (Å²) in [6, 6.07) is 3.97. The second-order valence-corrected chi connectivity index (χ2v) is 4.80. The van der Waals surface area contributed by atoms with Crippen molar-refractivity contribution in [3.05, 3.63) is 35.4 Å². The van der Waals surface area contributed by atoms with Crippen LogP contribution >= 0.6 is 0 Å². The van der Waals surface area contributed by atoms with Crippen molar-refractivity contribution in [3.8, 4) is 0 Å². The van der Waals surface area contributed by atoms with E-state index in [9.17, 15) is 8.78 Å². The molecule has 0 radical (unpaired) electrons. The molecule has 1 heterocycles. The fourth-order valence-corrected chi connectivity index (χ4v) is 2.38. The highest BCUT2D eigenvalue weighted by molar-refractivity contribution is 5.21. The Labute approximate surface area is 106 Å². The summed E-state index contributed by atoms with van der Waals surface area (Å²) in [5, 5.41) is 3.32. The van der Waals surface area contributed by atoms with Gasteiger partial charge in [0.15, 0.2) is 11.6 Å². The Morgan fingerprint density at radius 3 is 2.61 bits per heavy atom. The molecule has 0 saturated carbocycles. The third-order valence-corrected chi connectivity index (χ3v) is 3.77. The quantitative estimate of drug-likeness (QED) is 0.895. The molecule has 1 aromatic rings.